The van der Waals surface area contributed by atoms with Crippen LogP contribution in [0.5, 0.6) is 0 Å². The topological polar surface area (TPSA) is 180 Å². The number of imidazole rings is 2. The molecule has 3 aromatic carbocycles. The van der Waals surface area contributed by atoms with Crippen LogP contribution in [0.4, 0.5) is 27.6 Å². The minimum Gasteiger partial charge on any atom is -0.444 e. The molecule has 0 radical (unpaired) electrons. The number of carbonyl (C=O) groups excluding carboxylic acids is 4. The third-order valence-corrected chi connectivity index (χ3v) is 12.0. The number of alkyl halides is 5. The number of imide groups is 1. The highest BCUT2D eigenvalue weighted by atomic mass is 79.9. The standard InChI is InChI=1S/C19H22FN3O4.C17H23BrFNO3.C15H16Cl2FN3O2/c1-12-10-22(11-21-12)14-7-5-13(6-8-14)16-15(9-20)23(17(24)26-16)18(25)27-19(2,3)4;1-16(2,3)23-15(21)20-13(10-19)14(22-17(20,4)5)11-6-8-12(18)9-7-11;1-9-7-21(8-19-9)11-4-2-10(3-5-11)13(22)12(6-18)20-15(23)14(16)17/h5-8,10-11,15-16H,9H2,1-4H3;6-9,13-14H,10H2,1-5H3;2-5,7-8,12-14,22H,6H2,1H3,(H,20,23)/t15-,16-;13-,14-;12-,13-/m111/s1. The molecule has 6 atom stereocenters. The zero-order valence-corrected chi connectivity index (χ0v) is 45.2. The first kappa shape index (κ1) is 58.2. The number of aryl methyl sites for hydroxylation is 2. The van der Waals surface area contributed by atoms with Crippen molar-refractivity contribution in [3.63, 3.8) is 0 Å². The van der Waals surface area contributed by atoms with Gasteiger partial charge in [-0.1, -0.05) is 75.5 Å². The van der Waals surface area contributed by atoms with Crippen molar-refractivity contribution in [1.29, 1.82) is 0 Å². The summed E-state index contributed by atoms with van der Waals surface area (Å²) in [6.07, 6.45) is 2.06. The molecule has 0 spiro atoms. The number of halogens is 6. The molecule has 2 fully saturated rings. The van der Waals surface area contributed by atoms with E-state index in [2.05, 4.69) is 31.2 Å². The molecule has 0 saturated carbocycles. The summed E-state index contributed by atoms with van der Waals surface area (Å²) in [7, 11) is 0. The van der Waals surface area contributed by atoms with Crippen molar-refractivity contribution in [2.75, 3.05) is 20.0 Å². The summed E-state index contributed by atoms with van der Waals surface area (Å²) < 4.78 is 67.1. The van der Waals surface area contributed by atoms with Crippen molar-refractivity contribution in [1.82, 2.24) is 34.2 Å². The van der Waals surface area contributed by atoms with Crippen molar-refractivity contribution in [2.45, 2.75) is 127 Å². The molecule has 396 valence electrons. The Morgan fingerprint density at radius 2 is 1.23 bits per heavy atom. The summed E-state index contributed by atoms with van der Waals surface area (Å²) in [6, 6.07) is 18.5. The van der Waals surface area contributed by atoms with E-state index in [0.29, 0.717) is 16.0 Å². The van der Waals surface area contributed by atoms with E-state index in [-0.39, 0.29) is 0 Å². The van der Waals surface area contributed by atoms with Crippen LogP contribution in [0.25, 0.3) is 11.4 Å². The lowest BCUT2D eigenvalue weighted by molar-refractivity contribution is -0.121. The number of hydrogen-bond acceptors (Lipinski definition) is 11. The molecule has 2 aliphatic heterocycles. The van der Waals surface area contributed by atoms with E-state index in [9.17, 15) is 37.5 Å². The first-order chi connectivity index (χ1) is 34.2. The maximum absolute atomic E-state index is 13.8. The van der Waals surface area contributed by atoms with Gasteiger partial charge < -0.3 is 38.5 Å². The highest BCUT2D eigenvalue weighted by Gasteiger charge is 2.52. The second kappa shape index (κ2) is 24.6. The molecule has 22 heteroatoms. The van der Waals surface area contributed by atoms with Gasteiger partial charge in [-0.05, 0) is 122 Å². The average molecular weight is 1120 g/mol. The van der Waals surface area contributed by atoms with E-state index in [1.165, 1.54) is 4.90 Å². The molecule has 73 heavy (non-hydrogen) atoms. The first-order valence-corrected chi connectivity index (χ1v) is 24.7. The van der Waals surface area contributed by atoms with Gasteiger partial charge in [0.05, 0.1) is 36.1 Å². The first-order valence-electron chi connectivity index (χ1n) is 23.0. The van der Waals surface area contributed by atoms with Gasteiger partial charge in [0.25, 0.3) is 5.91 Å². The predicted molar refractivity (Wildman–Crippen MR) is 272 cm³/mol. The fourth-order valence-corrected chi connectivity index (χ4v) is 8.09. The molecule has 7 rings (SSSR count). The number of ether oxygens (including phenoxy) is 4. The Kier molecular flexibility index (Phi) is 19.6. The maximum atomic E-state index is 13.8. The fourth-order valence-electron chi connectivity index (χ4n) is 7.70. The number of hydrogen-bond donors (Lipinski definition) is 2. The maximum Gasteiger partial charge on any atom is 0.420 e. The van der Waals surface area contributed by atoms with Crippen molar-refractivity contribution < 1.29 is 56.4 Å². The van der Waals surface area contributed by atoms with Crippen LogP contribution >= 0.6 is 39.1 Å². The normalized spacial score (nSPS) is 19.2. The molecule has 0 unspecified atom stereocenters. The molecule has 0 aliphatic carbocycles. The van der Waals surface area contributed by atoms with Crippen molar-refractivity contribution in [2.24, 2.45) is 0 Å². The minimum absolute atomic E-state index is 0.467. The van der Waals surface area contributed by atoms with Crippen molar-refractivity contribution in [3.05, 3.63) is 130 Å². The number of cyclic esters (lactones) is 1. The van der Waals surface area contributed by atoms with Gasteiger partial charge in [-0.2, -0.15) is 0 Å². The summed E-state index contributed by atoms with van der Waals surface area (Å²) in [5.41, 5.74) is 2.97. The van der Waals surface area contributed by atoms with Gasteiger partial charge in [0.15, 0.2) is 10.9 Å². The smallest absolute Gasteiger partial charge is 0.420 e. The summed E-state index contributed by atoms with van der Waals surface area (Å²) in [5, 5.41) is 12.5. The number of aliphatic hydroxyl groups is 1. The third-order valence-electron chi connectivity index (χ3n) is 11.0. The van der Waals surface area contributed by atoms with Gasteiger partial charge in [0.1, 0.15) is 55.2 Å². The summed E-state index contributed by atoms with van der Waals surface area (Å²) in [4.78, 5) is 57.5. The molecule has 2 N–H and O–H groups in total. The monoisotopic (exact) mass is 1120 g/mol. The Bertz CT molecular complexity index is 2640. The highest BCUT2D eigenvalue weighted by molar-refractivity contribution is 9.10. The van der Waals surface area contributed by atoms with E-state index in [1.54, 1.807) is 104 Å². The van der Waals surface area contributed by atoms with Gasteiger partial charge in [0.2, 0.25) is 0 Å². The predicted octanol–water partition coefficient (Wildman–Crippen LogP) is 11.3. The Morgan fingerprint density at radius 3 is 1.67 bits per heavy atom. The largest absolute Gasteiger partial charge is 0.444 e. The number of aromatic nitrogens is 4. The lowest BCUT2D eigenvalue weighted by Gasteiger charge is -2.34. The third kappa shape index (κ3) is 15.4. The van der Waals surface area contributed by atoms with Crippen LogP contribution < -0.4 is 5.32 Å². The van der Waals surface area contributed by atoms with Crippen LogP contribution in [0, 0.1) is 13.8 Å². The molecule has 2 aromatic heterocycles. The summed E-state index contributed by atoms with van der Waals surface area (Å²) in [6.45, 7) is 15.0. The highest BCUT2D eigenvalue weighted by Crippen LogP contribution is 2.42. The number of nitrogens with zero attached hydrogens (tertiary/aromatic N) is 6. The number of benzene rings is 3. The van der Waals surface area contributed by atoms with Crippen LogP contribution in [0.3, 0.4) is 0 Å². The van der Waals surface area contributed by atoms with Crippen LogP contribution in [-0.4, -0.2) is 118 Å². The van der Waals surface area contributed by atoms with Crippen LogP contribution in [-0.2, 0) is 23.7 Å². The average Bonchev–Trinajstić information content (AvgIpc) is 4.11. The van der Waals surface area contributed by atoms with E-state index < -0.39 is 102 Å². The van der Waals surface area contributed by atoms with Gasteiger partial charge in [-0.25, -0.2) is 42.4 Å². The Labute approximate surface area is 441 Å². The SMILES string of the molecule is CC(C)(C)OC(=O)N1[C@H](CF)[C@@H](c2ccc(Br)cc2)OC1(C)C.Cc1cn(-c2ccc([C@@H](O)[C@@H](CF)NC(=O)C(Cl)Cl)cc2)cn1.Cc1cn(-c2ccc([C@H]3OC(=O)N(C(=O)OC(C)(C)C)[C@@H]3CF)cc2)cn1. The van der Waals surface area contributed by atoms with Gasteiger partial charge in [-0.3, -0.25) is 9.69 Å². The Hall–Kier alpha value is -5.67. The minimum atomic E-state index is -1.32. The quantitative estimate of drug-likeness (QED) is 0.0949. The van der Waals surface area contributed by atoms with Crippen molar-refractivity contribution in [3.8, 4) is 11.4 Å². The number of rotatable bonds is 11. The molecule has 0 bridgehead atoms. The van der Waals surface area contributed by atoms with Gasteiger partial charge in [-0.15, -0.1) is 0 Å². The van der Waals surface area contributed by atoms with Crippen LogP contribution in [0.1, 0.15) is 102 Å². The molecule has 5 aromatic rings. The molecule has 16 nitrogen and oxygen atoms in total. The Morgan fingerprint density at radius 1 is 0.767 bits per heavy atom. The van der Waals surface area contributed by atoms with E-state index >= 15 is 0 Å². The van der Waals surface area contributed by atoms with Gasteiger partial charge in [0, 0.05) is 28.2 Å². The fraction of sp³-hybridized carbons (Fsp3) is 0.451. The molecular formula is C51H61BrCl2F3N7O9. The number of amides is 4. The van der Waals surface area contributed by atoms with E-state index in [4.69, 9.17) is 42.1 Å². The zero-order chi connectivity index (χ0) is 54.2. The molecular weight excluding hydrogens is 1060 g/mol. The molecule has 4 amide bonds. The lowest BCUT2D eigenvalue weighted by Crippen LogP contribution is -2.50. The second-order valence-electron chi connectivity index (χ2n) is 19.5. The van der Waals surface area contributed by atoms with Crippen LogP contribution in [0.2, 0.25) is 0 Å². The van der Waals surface area contributed by atoms with E-state index in [0.717, 1.165) is 32.8 Å². The summed E-state index contributed by atoms with van der Waals surface area (Å²) >= 11 is 14.2. The second-order valence-corrected chi connectivity index (χ2v) is 21.5. The van der Waals surface area contributed by atoms with Gasteiger partial charge >= 0.3 is 18.3 Å². The number of aliphatic hydroxyl groups excluding tert-OH is 1. The molecule has 2 saturated heterocycles. The zero-order valence-electron chi connectivity index (χ0n) is 42.1. The lowest BCUT2D eigenvalue weighted by atomic mass is 10.0. The summed E-state index contributed by atoms with van der Waals surface area (Å²) in [5.74, 6) is -0.749. The van der Waals surface area contributed by atoms with Crippen molar-refractivity contribution >= 4 is 63.3 Å². The molecule has 2 aliphatic rings. The number of carbonyl (C=O) groups is 4. The number of nitrogens with one attached hydrogen (secondary N) is 1. The van der Waals surface area contributed by atoms with Crippen LogP contribution in [0.15, 0.2) is 102 Å². The Balaban J connectivity index is 0.000000204. The molecule has 4 heterocycles. The van der Waals surface area contributed by atoms with E-state index in [1.807, 2.05) is 71.8 Å².